The van der Waals surface area contributed by atoms with Gasteiger partial charge in [0.15, 0.2) is 11.5 Å². The second-order valence-electron chi connectivity index (χ2n) is 7.29. The highest BCUT2D eigenvalue weighted by atomic mass is 16.6. The number of hydrogen-bond donors (Lipinski definition) is 1. The topological polar surface area (TPSA) is 206 Å². The Balaban J connectivity index is 1.78. The van der Waals surface area contributed by atoms with Crippen molar-refractivity contribution in [1.82, 2.24) is 5.43 Å². The molecule has 3 rings (SSSR count). The molecule has 0 radical (unpaired) electrons. The Morgan fingerprint density at radius 2 is 1.47 bits per heavy atom. The van der Waals surface area contributed by atoms with Crippen molar-refractivity contribution < 1.29 is 33.8 Å². The van der Waals surface area contributed by atoms with E-state index in [1.165, 1.54) is 42.6 Å². The predicted molar refractivity (Wildman–Crippen MR) is 130 cm³/mol. The zero-order valence-electron chi connectivity index (χ0n) is 19.4. The summed E-state index contributed by atoms with van der Waals surface area (Å²) in [5.74, 6) is -1.78. The summed E-state index contributed by atoms with van der Waals surface area (Å²) in [6.45, 7) is 1.83. The van der Waals surface area contributed by atoms with Gasteiger partial charge in [-0.1, -0.05) is 6.07 Å². The molecule has 0 bridgehead atoms. The molecule has 15 nitrogen and oxygen atoms in total. The summed E-state index contributed by atoms with van der Waals surface area (Å²) in [7, 11) is 0. The van der Waals surface area contributed by atoms with Crippen LogP contribution in [0.3, 0.4) is 0 Å². The van der Waals surface area contributed by atoms with Crippen LogP contribution in [0.5, 0.6) is 11.5 Å². The Kier molecular flexibility index (Phi) is 8.35. The Morgan fingerprint density at radius 3 is 2.08 bits per heavy atom. The number of esters is 1. The number of rotatable bonds is 10. The van der Waals surface area contributed by atoms with E-state index in [1.807, 2.05) is 0 Å². The van der Waals surface area contributed by atoms with Gasteiger partial charge in [-0.3, -0.25) is 35.1 Å². The van der Waals surface area contributed by atoms with Crippen molar-refractivity contribution in [3.05, 3.63) is 108 Å². The minimum Gasteiger partial charge on any atom is -0.490 e. The third kappa shape index (κ3) is 6.69. The molecule has 194 valence electrons. The minimum absolute atomic E-state index is 0.0231. The van der Waals surface area contributed by atoms with Gasteiger partial charge in [0.25, 0.3) is 23.0 Å². The molecule has 0 spiro atoms. The van der Waals surface area contributed by atoms with Gasteiger partial charge < -0.3 is 9.47 Å². The zero-order valence-corrected chi connectivity index (χ0v) is 19.4. The summed E-state index contributed by atoms with van der Waals surface area (Å²) in [4.78, 5) is 55.5. The number of hydrogen-bond acceptors (Lipinski definition) is 11. The highest BCUT2D eigenvalue weighted by Crippen LogP contribution is 2.30. The van der Waals surface area contributed by atoms with Crippen LogP contribution in [0, 0.1) is 30.3 Å². The number of nitrogens with one attached hydrogen (secondary N) is 1. The molecule has 0 aliphatic carbocycles. The van der Waals surface area contributed by atoms with Crippen molar-refractivity contribution in [3.63, 3.8) is 0 Å². The van der Waals surface area contributed by atoms with Gasteiger partial charge >= 0.3 is 5.97 Å². The van der Waals surface area contributed by atoms with Gasteiger partial charge in [-0.15, -0.1) is 0 Å². The van der Waals surface area contributed by atoms with Crippen molar-refractivity contribution in [2.24, 2.45) is 5.10 Å². The molecule has 0 aromatic heterocycles. The highest BCUT2D eigenvalue weighted by Gasteiger charge is 2.22. The molecule has 38 heavy (non-hydrogen) atoms. The van der Waals surface area contributed by atoms with E-state index < -0.39 is 43.6 Å². The predicted octanol–water partition coefficient (Wildman–Crippen LogP) is 3.79. The number of carbonyl (C=O) groups is 2. The van der Waals surface area contributed by atoms with E-state index in [1.54, 1.807) is 6.92 Å². The van der Waals surface area contributed by atoms with Crippen LogP contribution in [0.1, 0.15) is 33.2 Å². The largest absolute Gasteiger partial charge is 0.490 e. The fourth-order valence-corrected chi connectivity index (χ4v) is 3.03. The molecular formula is C23H17N5O10. The van der Waals surface area contributed by atoms with E-state index in [9.17, 15) is 39.9 Å². The van der Waals surface area contributed by atoms with Crippen LogP contribution in [0.2, 0.25) is 0 Å². The summed E-state index contributed by atoms with van der Waals surface area (Å²) in [6.07, 6.45) is 1.24. The Labute approximate surface area is 212 Å². The summed E-state index contributed by atoms with van der Waals surface area (Å²) in [5, 5.41) is 36.8. The van der Waals surface area contributed by atoms with Crippen molar-refractivity contribution in [1.29, 1.82) is 0 Å². The van der Waals surface area contributed by atoms with Crippen LogP contribution in [0.4, 0.5) is 17.1 Å². The second kappa shape index (κ2) is 11.8. The Bertz CT molecular complexity index is 1440. The van der Waals surface area contributed by atoms with Gasteiger partial charge in [0.1, 0.15) is 0 Å². The average molecular weight is 523 g/mol. The van der Waals surface area contributed by atoms with E-state index >= 15 is 0 Å². The van der Waals surface area contributed by atoms with Crippen molar-refractivity contribution in [2.45, 2.75) is 6.92 Å². The molecule has 0 aliphatic heterocycles. The van der Waals surface area contributed by atoms with E-state index in [2.05, 4.69) is 10.5 Å². The third-order valence-corrected chi connectivity index (χ3v) is 4.73. The average Bonchev–Trinajstić information content (AvgIpc) is 2.89. The third-order valence-electron chi connectivity index (χ3n) is 4.73. The first-order chi connectivity index (χ1) is 18.1. The number of ether oxygens (including phenoxy) is 2. The molecule has 1 N–H and O–H groups in total. The van der Waals surface area contributed by atoms with Crippen LogP contribution >= 0.6 is 0 Å². The lowest BCUT2D eigenvalue weighted by molar-refractivity contribution is -0.394. The molecule has 0 aliphatic rings. The summed E-state index contributed by atoms with van der Waals surface area (Å²) < 4.78 is 10.7. The standard InChI is InChI=1S/C23H17N5O10/c1-2-37-21-8-14(13-24-25-22(29)15-4-3-5-17(9-15)26(31)32)6-7-20(21)38-23(30)16-10-18(27(33)34)12-19(11-16)28(35)36/h3-13H,2H2,1H3,(H,25,29)/b24-13+. The number of carbonyl (C=O) groups excluding carboxylic acids is 2. The molecule has 0 unspecified atom stereocenters. The Morgan fingerprint density at radius 1 is 0.842 bits per heavy atom. The van der Waals surface area contributed by atoms with Gasteiger partial charge in [-0.2, -0.15) is 5.10 Å². The lowest BCUT2D eigenvalue weighted by Gasteiger charge is -2.11. The minimum atomic E-state index is -1.09. The molecule has 3 aromatic carbocycles. The lowest BCUT2D eigenvalue weighted by Crippen LogP contribution is -2.17. The van der Waals surface area contributed by atoms with E-state index in [4.69, 9.17) is 9.47 Å². The van der Waals surface area contributed by atoms with Gasteiger partial charge in [-0.05, 0) is 36.8 Å². The molecule has 0 heterocycles. The van der Waals surface area contributed by atoms with Crippen molar-refractivity contribution in [2.75, 3.05) is 6.61 Å². The summed E-state index contributed by atoms with van der Waals surface area (Å²) in [6, 6.07) is 11.7. The molecule has 0 saturated heterocycles. The van der Waals surface area contributed by atoms with E-state index in [-0.39, 0.29) is 29.4 Å². The van der Waals surface area contributed by atoms with Gasteiger partial charge in [0.2, 0.25) is 0 Å². The number of amides is 1. The fourth-order valence-electron chi connectivity index (χ4n) is 3.03. The number of nitro benzene ring substituents is 3. The van der Waals surface area contributed by atoms with Crippen LogP contribution in [-0.2, 0) is 0 Å². The summed E-state index contributed by atoms with van der Waals surface area (Å²) >= 11 is 0. The van der Waals surface area contributed by atoms with Crippen molar-refractivity contribution >= 4 is 35.2 Å². The number of nitro groups is 3. The molecular weight excluding hydrogens is 506 g/mol. The zero-order chi connectivity index (χ0) is 27.8. The van der Waals surface area contributed by atoms with Gasteiger partial charge in [0.05, 0.1) is 39.2 Å². The molecule has 3 aromatic rings. The maximum absolute atomic E-state index is 12.6. The maximum atomic E-state index is 12.6. The van der Waals surface area contributed by atoms with Crippen molar-refractivity contribution in [3.8, 4) is 11.5 Å². The fraction of sp³-hybridized carbons (Fsp3) is 0.0870. The number of non-ortho nitro benzene ring substituents is 3. The highest BCUT2D eigenvalue weighted by molar-refractivity contribution is 5.95. The molecule has 1 amide bonds. The van der Waals surface area contributed by atoms with Gasteiger partial charge in [0, 0.05) is 29.8 Å². The maximum Gasteiger partial charge on any atom is 0.344 e. The lowest BCUT2D eigenvalue weighted by atomic mass is 10.1. The van der Waals surface area contributed by atoms with Crippen LogP contribution in [0.25, 0.3) is 0 Å². The first kappa shape index (κ1) is 26.9. The van der Waals surface area contributed by atoms with E-state index in [0.717, 1.165) is 18.2 Å². The number of hydrazone groups is 1. The molecule has 0 atom stereocenters. The quantitative estimate of drug-likeness (QED) is 0.134. The van der Waals surface area contributed by atoms with E-state index in [0.29, 0.717) is 11.6 Å². The molecule has 0 saturated carbocycles. The van der Waals surface area contributed by atoms with Crippen LogP contribution < -0.4 is 14.9 Å². The monoisotopic (exact) mass is 523 g/mol. The first-order valence-electron chi connectivity index (χ1n) is 10.6. The number of benzene rings is 3. The van der Waals surface area contributed by atoms with Gasteiger partial charge in [-0.25, -0.2) is 10.2 Å². The van der Waals surface area contributed by atoms with Crippen LogP contribution in [-0.4, -0.2) is 39.5 Å². The SMILES string of the molecule is CCOc1cc(/C=N/NC(=O)c2cccc([N+](=O)[O-])c2)ccc1OC(=O)c1cc([N+](=O)[O-])cc([N+](=O)[O-])c1. The Hall–Kier alpha value is -5.73. The number of nitrogens with zero attached hydrogens (tertiary/aromatic N) is 4. The van der Waals surface area contributed by atoms with Crippen LogP contribution in [0.15, 0.2) is 65.8 Å². The molecule has 15 heteroatoms. The normalized spacial score (nSPS) is 10.6. The summed E-state index contributed by atoms with van der Waals surface area (Å²) in [5.41, 5.74) is 0.673. The smallest absolute Gasteiger partial charge is 0.344 e. The second-order valence-corrected chi connectivity index (χ2v) is 7.29. The molecule has 0 fully saturated rings. The first-order valence-corrected chi connectivity index (χ1v) is 10.6.